The van der Waals surface area contributed by atoms with Crippen molar-refractivity contribution in [1.29, 1.82) is 0 Å². The highest BCUT2D eigenvalue weighted by molar-refractivity contribution is 5.77. The highest BCUT2D eigenvalue weighted by Gasteiger charge is 2.31. The normalized spacial score (nSPS) is 20.9. The Kier molecular flexibility index (Phi) is 4.77. The molecular formula is C20H22N6O. The van der Waals surface area contributed by atoms with Gasteiger partial charge < -0.3 is 21.5 Å². The summed E-state index contributed by atoms with van der Waals surface area (Å²) in [5, 5.41) is 21.2. The minimum atomic E-state index is -0.475. The van der Waals surface area contributed by atoms with Gasteiger partial charge in [-0.2, -0.15) is 5.10 Å². The summed E-state index contributed by atoms with van der Waals surface area (Å²) in [6.45, 7) is 1.41. The molecule has 0 aliphatic carbocycles. The molecule has 3 aromatic rings. The Balaban J connectivity index is 1.72. The van der Waals surface area contributed by atoms with Crippen molar-refractivity contribution in [3.8, 4) is 12.3 Å². The van der Waals surface area contributed by atoms with Crippen molar-refractivity contribution in [2.75, 3.05) is 18.4 Å². The Bertz CT molecular complexity index is 992. The van der Waals surface area contributed by atoms with Crippen LogP contribution in [0.3, 0.4) is 0 Å². The molecule has 0 saturated carbocycles. The molecular weight excluding hydrogens is 340 g/mol. The van der Waals surface area contributed by atoms with Gasteiger partial charge in [-0.05, 0) is 37.2 Å². The van der Waals surface area contributed by atoms with Crippen molar-refractivity contribution in [3.63, 3.8) is 0 Å². The fourth-order valence-corrected chi connectivity index (χ4v) is 3.67. The summed E-state index contributed by atoms with van der Waals surface area (Å²) >= 11 is 0. The number of aromatic nitrogens is 3. The fraction of sp³-hybridized carbons (Fsp3) is 0.300. The molecule has 27 heavy (non-hydrogen) atoms. The third kappa shape index (κ3) is 3.38. The van der Waals surface area contributed by atoms with Crippen LogP contribution in [0.25, 0.3) is 5.52 Å². The van der Waals surface area contributed by atoms with Crippen molar-refractivity contribution in [2.45, 2.75) is 18.6 Å². The van der Waals surface area contributed by atoms with E-state index in [-0.39, 0.29) is 12.0 Å². The largest absolute Gasteiger partial charge is 0.391 e. The van der Waals surface area contributed by atoms with E-state index in [9.17, 15) is 5.11 Å². The van der Waals surface area contributed by atoms with Gasteiger partial charge in [-0.15, -0.1) is 6.42 Å². The number of nitrogens with two attached hydrogens (primary N) is 1. The summed E-state index contributed by atoms with van der Waals surface area (Å²) < 4.78 is 1.75. The maximum absolute atomic E-state index is 10.4. The van der Waals surface area contributed by atoms with Gasteiger partial charge in [0.05, 0.1) is 6.10 Å². The number of nitrogens with zero attached hydrogens (tertiary/aromatic N) is 3. The first-order valence-electron chi connectivity index (χ1n) is 8.97. The van der Waals surface area contributed by atoms with Gasteiger partial charge in [0.15, 0.2) is 5.82 Å². The third-order valence-electron chi connectivity index (χ3n) is 5.10. The lowest BCUT2D eigenvalue weighted by Gasteiger charge is -2.32. The molecule has 4 rings (SSSR count). The number of β-amino-alcohol motifs (C(OH)–C–C–N with tert-alkyl or cyclic N) is 1. The summed E-state index contributed by atoms with van der Waals surface area (Å²) in [7, 11) is 0. The van der Waals surface area contributed by atoms with E-state index in [1.165, 1.54) is 6.33 Å². The molecule has 1 saturated heterocycles. The molecule has 138 valence electrons. The molecule has 2 aromatic heterocycles. The van der Waals surface area contributed by atoms with Crippen LogP contribution in [-0.4, -0.2) is 38.9 Å². The predicted molar refractivity (Wildman–Crippen MR) is 105 cm³/mol. The summed E-state index contributed by atoms with van der Waals surface area (Å²) in [5.41, 5.74) is 9.92. The number of terminal acetylenes is 1. The molecule has 0 spiro atoms. The summed E-state index contributed by atoms with van der Waals surface area (Å²) in [5.74, 6) is 3.26. The molecule has 0 amide bonds. The number of benzene rings is 1. The van der Waals surface area contributed by atoms with Gasteiger partial charge in [-0.3, -0.25) is 0 Å². The number of aliphatic hydroxyl groups excluding tert-OH is 1. The molecule has 1 aliphatic rings. The van der Waals surface area contributed by atoms with Gasteiger partial charge in [0, 0.05) is 41.5 Å². The van der Waals surface area contributed by atoms with Crippen LogP contribution in [0.4, 0.5) is 11.5 Å². The highest BCUT2D eigenvalue weighted by Crippen LogP contribution is 2.33. The molecule has 3 atom stereocenters. The zero-order chi connectivity index (χ0) is 18.8. The van der Waals surface area contributed by atoms with E-state index < -0.39 is 6.10 Å². The van der Waals surface area contributed by atoms with Crippen LogP contribution in [-0.2, 0) is 0 Å². The second-order valence-corrected chi connectivity index (χ2v) is 6.77. The summed E-state index contributed by atoms with van der Waals surface area (Å²) in [6, 6.07) is 9.22. The van der Waals surface area contributed by atoms with Crippen molar-refractivity contribution in [1.82, 2.24) is 19.9 Å². The summed E-state index contributed by atoms with van der Waals surface area (Å²) in [4.78, 5) is 4.41. The number of piperidine rings is 1. The Hall–Kier alpha value is -2.92. The molecule has 1 fully saturated rings. The van der Waals surface area contributed by atoms with Gasteiger partial charge in [0.25, 0.3) is 0 Å². The SMILES string of the molecule is C#Cc1cccc(Nc2ncnn3ccc(C(N)[C@@H]4CCNC[C@@H]4O)c23)c1. The Morgan fingerprint density at radius 1 is 1.41 bits per heavy atom. The fourth-order valence-electron chi connectivity index (χ4n) is 3.67. The van der Waals surface area contributed by atoms with E-state index in [1.54, 1.807) is 4.52 Å². The standard InChI is InChI=1S/C20H22N6O/c1-2-13-4-3-5-14(10-13)25-20-19-16(7-9-26(19)24-12-23-20)18(21)15-6-8-22-11-17(15)27/h1,3-5,7,9-10,12,15,17-18,22,27H,6,8,11,21H2,(H,23,24,25)/t15-,17+,18?/m1/s1. The van der Waals surface area contributed by atoms with Crippen LogP contribution in [0.15, 0.2) is 42.9 Å². The first-order chi connectivity index (χ1) is 13.2. The zero-order valence-electron chi connectivity index (χ0n) is 14.8. The second-order valence-electron chi connectivity index (χ2n) is 6.77. The van der Waals surface area contributed by atoms with E-state index >= 15 is 0 Å². The van der Waals surface area contributed by atoms with E-state index in [1.807, 2.05) is 36.5 Å². The van der Waals surface area contributed by atoms with E-state index in [2.05, 4.69) is 26.6 Å². The van der Waals surface area contributed by atoms with Crippen LogP contribution in [0.1, 0.15) is 23.6 Å². The van der Waals surface area contributed by atoms with Crippen molar-refractivity contribution < 1.29 is 5.11 Å². The zero-order valence-corrected chi connectivity index (χ0v) is 14.8. The van der Waals surface area contributed by atoms with Crippen molar-refractivity contribution in [2.24, 2.45) is 11.7 Å². The molecule has 3 heterocycles. The first-order valence-corrected chi connectivity index (χ1v) is 8.97. The highest BCUT2D eigenvalue weighted by atomic mass is 16.3. The maximum atomic E-state index is 10.4. The molecule has 7 nitrogen and oxygen atoms in total. The Morgan fingerprint density at radius 2 is 2.30 bits per heavy atom. The van der Waals surface area contributed by atoms with Gasteiger partial charge in [-0.1, -0.05) is 12.0 Å². The first kappa shape index (κ1) is 17.5. The minimum absolute atomic E-state index is 0.0183. The van der Waals surface area contributed by atoms with Crippen molar-refractivity contribution >= 4 is 17.0 Å². The van der Waals surface area contributed by atoms with Crippen LogP contribution < -0.4 is 16.4 Å². The molecule has 1 aliphatic heterocycles. The quantitative estimate of drug-likeness (QED) is 0.524. The van der Waals surface area contributed by atoms with Crippen LogP contribution in [0.2, 0.25) is 0 Å². The third-order valence-corrected chi connectivity index (χ3v) is 5.10. The Labute approximate surface area is 157 Å². The van der Waals surface area contributed by atoms with E-state index in [0.29, 0.717) is 12.4 Å². The van der Waals surface area contributed by atoms with Gasteiger partial charge in [0.2, 0.25) is 0 Å². The molecule has 1 unspecified atom stereocenters. The van der Waals surface area contributed by atoms with E-state index in [4.69, 9.17) is 12.2 Å². The number of anilines is 2. The van der Waals surface area contributed by atoms with Crippen LogP contribution >= 0.6 is 0 Å². The number of nitrogens with one attached hydrogen (secondary N) is 2. The molecule has 0 radical (unpaired) electrons. The number of hydrogen-bond donors (Lipinski definition) is 4. The average molecular weight is 362 g/mol. The molecule has 1 aromatic carbocycles. The average Bonchev–Trinajstić information content (AvgIpc) is 3.13. The minimum Gasteiger partial charge on any atom is -0.391 e. The van der Waals surface area contributed by atoms with Crippen molar-refractivity contribution in [3.05, 3.63) is 54.0 Å². The molecule has 7 heteroatoms. The lowest BCUT2D eigenvalue weighted by atomic mass is 9.85. The monoisotopic (exact) mass is 362 g/mol. The lowest BCUT2D eigenvalue weighted by Crippen LogP contribution is -2.44. The molecule has 5 N–H and O–H groups in total. The van der Waals surface area contributed by atoms with Crippen LogP contribution in [0.5, 0.6) is 0 Å². The maximum Gasteiger partial charge on any atom is 0.158 e. The van der Waals surface area contributed by atoms with Crippen LogP contribution in [0, 0.1) is 18.3 Å². The number of aliphatic hydroxyl groups is 1. The smallest absolute Gasteiger partial charge is 0.158 e. The summed E-state index contributed by atoms with van der Waals surface area (Å²) in [6.07, 6.45) is 9.20. The topological polar surface area (TPSA) is 100 Å². The van der Waals surface area contributed by atoms with Gasteiger partial charge in [0.1, 0.15) is 11.8 Å². The number of hydrogen-bond acceptors (Lipinski definition) is 6. The lowest BCUT2D eigenvalue weighted by molar-refractivity contribution is 0.0676. The van der Waals surface area contributed by atoms with Gasteiger partial charge >= 0.3 is 0 Å². The van der Waals surface area contributed by atoms with E-state index in [0.717, 1.165) is 35.3 Å². The number of fused-ring (bicyclic) bond motifs is 1. The molecule has 0 bridgehead atoms. The van der Waals surface area contributed by atoms with Gasteiger partial charge in [-0.25, -0.2) is 9.50 Å². The second kappa shape index (κ2) is 7.37. The Morgan fingerprint density at radius 3 is 3.11 bits per heavy atom. The number of rotatable bonds is 4. The predicted octanol–water partition coefficient (Wildman–Crippen LogP) is 1.42.